The third kappa shape index (κ3) is 11.1. The largest absolute Gasteiger partial charge is 0.444 e. The van der Waals surface area contributed by atoms with Crippen molar-refractivity contribution in [3.05, 3.63) is 0 Å². The van der Waals surface area contributed by atoms with E-state index in [1.165, 1.54) is 0 Å². The van der Waals surface area contributed by atoms with Gasteiger partial charge in [0.2, 0.25) is 0 Å². The normalized spacial score (nSPS) is 17.9. The fourth-order valence-corrected chi connectivity index (χ4v) is 3.59. The summed E-state index contributed by atoms with van der Waals surface area (Å²) in [7, 11) is 2.19. The van der Waals surface area contributed by atoms with Crippen molar-refractivity contribution in [3.63, 3.8) is 0 Å². The van der Waals surface area contributed by atoms with Crippen molar-refractivity contribution in [3.8, 4) is 0 Å². The summed E-state index contributed by atoms with van der Waals surface area (Å²) in [6.45, 7) is 21.9. The lowest BCUT2D eigenvalue weighted by molar-refractivity contribution is 0.0452. The van der Waals surface area contributed by atoms with Gasteiger partial charge in [-0.2, -0.15) is 0 Å². The van der Waals surface area contributed by atoms with Crippen LogP contribution in [0.15, 0.2) is 4.99 Å². The zero-order valence-corrected chi connectivity index (χ0v) is 21.3. The number of likely N-dealkylation sites (N-methyl/N-ethyl adjacent to an activating group) is 1. The van der Waals surface area contributed by atoms with Gasteiger partial charge in [0.05, 0.1) is 12.1 Å². The molecule has 0 saturated carbocycles. The Balaban J connectivity index is 2.65. The highest BCUT2D eigenvalue weighted by atomic mass is 16.6. The lowest BCUT2D eigenvalue weighted by Crippen LogP contribution is -2.52. The third-order valence-electron chi connectivity index (χ3n) is 5.79. The maximum Gasteiger partial charge on any atom is 0.408 e. The van der Waals surface area contributed by atoms with E-state index >= 15 is 0 Å². The number of carbonyl (C=O) groups excluding carboxylic acids is 1. The topological polar surface area (TPSA) is 81.2 Å². The smallest absolute Gasteiger partial charge is 0.408 e. The number of rotatable bonds is 10. The molecule has 1 saturated heterocycles. The Morgan fingerprint density at radius 2 is 1.68 bits per heavy atom. The molecule has 0 aromatic carbocycles. The minimum atomic E-state index is -0.517. The molecule has 0 radical (unpaired) electrons. The number of amides is 1. The number of aliphatic imine (C=N–C) groups is 1. The molecular formula is C23H48N6O2. The van der Waals surface area contributed by atoms with Crippen LogP contribution in [0.4, 0.5) is 4.79 Å². The Morgan fingerprint density at radius 1 is 1.06 bits per heavy atom. The predicted molar refractivity (Wildman–Crippen MR) is 130 cm³/mol. The molecule has 1 atom stereocenters. The first kappa shape index (κ1) is 27.5. The van der Waals surface area contributed by atoms with Gasteiger partial charge in [0.25, 0.3) is 0 Å². The molecule has 1 amide bonds. The molecule has 0 bridgehead atoms. The van der Waals surface area contributed by atoms with Crippen molar-refractivity contribution in [2.75, 3.05) is 59.4 Å². The quantitative estimate of drug-likeness (QED) is 0.358. The van der Waals surface area contributed by atoms with E-state index in [9.17, 15) is 4.79 Å². The average molecular weight is 441 g/mol. The number of guanidine groups is 1. The average Bonchev–Trinajstić information content (AvgIpc) is 2.69. The molecule has 1 aliphatic rings. The second-order valence-electron chi connectivity index (χ2n) is 9.90. The van der Waals surface area contributed by atoms with Gasteiger partial charge in [-0.15, -0.1) is 0 Å². The summed E-state index contributed by atoms with van der Waals surface area (Å²) in [5.74, 6) is 1.32. The first-order chi connectivity index (χ1) is 14.5. The molecule has 1 aliphatic heterocycles. The van der Waals surface area contributed by atoms with Gasteiger partial charge in [0.1, 0.15) is 5.60 Å². The SMILES string of the molecule is CCNC(=NCC(CC)(CC)NC(=O)OC(C)(C)C)NCC(C)CN1CCN(C)CC1. The van der Waals surface area contributed by atoms with Crippen LogP contribution in [0.3, 0.4) is 0 Å². The molecule has 182 valence electrons. The van der Waals surface area contributed by atoms with Crippen LogP contribution < -0.4 is 16.0 Å². The number of nitrogens with zero attached hydrogens (tertiary/aromatic N) is 3. The molecule has 8 nitrogen and oxygen atoms in total. The Morgan fingerprint density at radius 3 is 2.19 bits per heavy atom. The van der Waals surface area contributed by atoms with Crippen molar-refractivity contribution < 1.29 is 9.53 Å². The molecule has 3 N–H and O–H groups in total. The number of alkyl carbamates (subject to hydrolysis) is 1. The highest BCUT2D eigenvalue weighted by Crippen LogP contribution is 2.17. The lowest BCUT2D eigenvalue weighted by Gasteiger charge is -2.34. The fourth-order valence-electron chi connectivity index (χ4n) is 3.59. The van der Waals surface area contributed by atoms with Gasteiger partial charge >= 0.3 is 6.09 Å². The Hall–Kier alpha value is -1.54. The van der Waals surface area contributed by atoms with Gasteiger partial charge in [-0.05, 0) is 53.5 Å². The molecule has 1 unspecified atom stereocenters. The van der Waals surface area contributed by atoms with Crippen molar-refractivity contribution in [1.29, 1.82) is 0 Å². The van der Waals surface area contributed by atoms with E-state index in [0.29, 0.717) is 12.5 Å². The number of piperazine rings is 1. The number of ether oxygens (including phenoxy) is 1. The number of carbonyl (C=O) groups is 1. The number of hydrogen-bond acceptors (Lipinski definition) is 5. The molecule has 8 heteroatoms. The van der Waals surface area contributed by atoms with E-state index < -0.39 is 11.1 Å². The van der Waals surface area contributed by atoms with Gasteiger partial charge in [0.15, 0.2) is 5.96 Å². The Bertz CT molecular complexity index is 549. The monoisotopic (exact) mass is 440 g/mol. The minimum Gasteiger partial charge on any atom is -0.444 e. The van der Waals surface area contributed by atoms with E-state index in [2.05, 4.69) is 60.5 Å². The van der Waals surface area contributed by atoms with Gasteiger partial charge in [0, 0.05) is 45.8 Å². The van der Waals surface area contributed by atoms with Crippen LogP contribution in [-0.2, 0) is 4.74 Å². The summed E-state index contributed by atoms with van der Waals surface area (Å²) in [6.07, 6.45) is 1.18. The Kier molecular flexibility index (Phi) is 11.6. The van der Waals surface area contributed by atoms with E-state index in [0.717, 1.165) is 64.6 Å². The van der Waals surface area contributed by atoms with E-state index in [-0.39, 0.29) is 6.09 Å². The van der Waals surface area contributed by atoms with Gasteiger partial charge in [-0.3, -0.25) is 4.99 Å². The second-order valence-corrected chi connectivity index (χ2v) is 9.90. The molecule has 31 heavy (non-hydrogen) atoms. The summed E-state index contributed by atoms with van der Waals surface area (Å²) >= 11 is 0. The minimum absolute atomic E-state index is 0.384. The molecule has 0 spiro atoms. The van der Waals surface area contributed by atoms with E-state index in [1.807, 2.05) is 20.8 Å². The standard InChI is InChI=1S/C23H48N6O2/c1-9-23(10-2,27-21(30)31-22(5,6)7)18-26-20(24-11-3)25-16-19(4)17-29-14-12-28(8)13-15-29/h19H,9-18H2,1-8H3,(H,27,30)(H2,24,25,26). The van der Waals surface area contributed by atoms with Crippen LogP contribution in [0.2, 0.25) is 0 Å². The molecular weight excluding hydrogens is 392 g/mol. The van der Waals surface area contributed by atoms with Gasteiger partial charge in [-0.1, -0.05) is 20.8 Å². The first-order valence-corrected chi connectivity index (χ1v) is 12.0. The van der Waals surface area contributed by atoms with Crippen molar-refractivity contribution in [1.82, 2.24) is 25.8 Å². The summed E-state index contributed by atoms with van der Waals surface area (Å²) in [6, 6.07) is 0. The second kappa shape index (κ2) is 13.1. The predicted octanol–water partition coefficient (Wildman–Crippen LogP) is 2.51. The lowest BCUT2D eigenvalue weighted by atomic mass is 9.93. The molecule has 1 fully saturated rings. The fraction of sp³-hybridized carbons (Fsp3) is 0.913. The molecule has 0 aromatic rings. The third-order valence-corrected chi connectivity index (χ3v) is 5.79. The molecule has 1 rings (SSSR count). The van der Waals surface area contributed by atoms with Crippen molar-refractivity contribution in [2.45, 2.75) is 72.4 Å². The van der Waals surface area contributed by atoms with Crippen molar-refractivity contribution >= 4 is 12.1 Å². The zero-order chi connectivity index (χ0) is 23.5. The summed E-state index contributed by atoms with van der Waals surface area (Å²) < 4.78 is 5.47. The van der Waals surface area contributed by atoms with Crippen molar-refractivity contribution in [2.24, 2.45) is 10.9 Å². The molecule has 0 aliphatic carbocycles. The van der Waals surface area contributed by atoms with E-state index in [1.54, 1.807) is 0 Å². The van der Waals surface area contributed by atoms with Crippen LogP contribution in [0.1, 0.15) is 61.3 Å². The van der Waals surface area contributed by atoms with Crippen LogP contribution >= 0.6 is 0 Å². The van der Waals surface area contributed by atoms with Crippen LogP contribution in [0.5, 0.6) is 0 Å². The maximum absolute atomic E-state index is 12.4. The molecule has 0 aromatic heterocycles. The maximum atomic E-state index is 12.4. The number of nitrogens with one attached hydrogen (secondary N) is 3. The zero-order valence-electron chi connectivity index (χ0n) is 21.3. The van der Waals surface area contributed by atoms with Gasteiger partial charge < -0.3 is 30.5 Å². The van der Waals surface area contributed by atoms with Gasteiger partial charge in [-0.25, -0.2) is 4.79 Å². The highest BCUT2D eigenvalue weighted by molar-refractivity contribution is 5.79. The summed E-state index contributed by atoms with van der Waals surface area (Å²) in [5.41, 5.74) is -0.937. The summed E-state index contributed by atoms with van der Waals surface area (Å²) in [4.78, 5) is 22.1. The highest BCUT2D eigenvalue weighted by Gasteiger charge is 2.30. The number of hydrogen-bond donors (Lipinski definition) is 3. The van der Waals surface area contributed by atoms with Crippen LogP contribution in [0, 0.1) is 5.92 Å². The van der Waals surface area contributed by atoms with Crippen LogP contribution in [-0.4, -0.2) is 92.4 Å². The molecule has 1 heterocycles. The first-order valence-electron chi connectivity index (χ1n) is 12.0. The Labute approximate surface area is 190 Å². The van der Waals surface area contributed by atoms with E-state index in [4.69, 9.17) is 9.73 Å². The summed E-state index contributed by atoms with van der Waals surface area (Å²) in [5, 5.41) is 9.90. The van der Waals surface area contributed by atoms with Crippen LogP contribution in [0.25, 0.3) is 0 Å².